The van der Waals surface area contributed by atoms with E-state index in [1.54, 1.807) is 0 Å². The third kappa shape index (κ3) is 2.62. The number of nitrogen functional groups attached to an aromatic ring is 1. The lowest BCUT2D eigenvalue weighted by Gasteiger charge is -2.11. The number of fused-ring (bicyclic) bond motifs is 1. The van der Waals surface area contributed by atoms with Crippen LogP contribution in [0.5, 0.6) is 0 Å². The Bertz CT molecular complexity index is 509. The molecule has 0 aliphatic carbocycles. The molecule has 2 rings (SSSR count). The van der Waals surface area contributed by atoms with Crippen LogP contribution in [0.2, 0.25) is 0 Å². The molecule has 1 aromatic carbocycles. The Hall–Kier alpha value is -1.88. The van der Waals surface area contributed by atoms with Gasteiger partial charge in [-0.25, -0.2) is 10.8 Å². The quantitative estimate of drug-likeness (QED) is 0.554. The molecule has 4 N–H and O–H groups in total. The fraction of sp³-hybridized carbons (Fsp3) is 0.333. The zero-order valence-electron chi connectivity index (χ0n) is 10.1. The molecule has 0 aliphatic rings. The van der Waals surface area contributed by atoms with Crippen molar-refractivity contribution in [3.05, 3.63) is 24.3 Å². The van der Waals surface area contributed by atoms with Crippen LogP contribution >= 0.6 is 0 Å². The first kappa shape index (κ1) is 11.6. The van der Waals surface area contributed by atoms with Crippen LogP contribution in [-0.2, 0) is 0 Å². The number of rotatable bonds is 4. The number of para-hydroxylation sites is 1. The number of anilines is 2. The third-order valence-electron chi connectivity index (χ3n) is 2.41. The van der Waals surface area contributed by atoms with E-state index in [1.165, 1.54) is 0 Å². The van der Waals surface area contributed by atoms with E-state index in [-0.39, 0.29) is 0 Å². The minimum atomic E-state index is 0.426. The van der Waals surface area contributed by atoms with Gasteiger partial charge in [-0.3, -0.25) is 5.43 Å². The van der Waals surface area contributed by atoms with Gasteiger partial charge in [0, 0.05) is 11.9 Å². The van der Waals surface area contributed by atoms with Crippen LogP contribution in [0.4, 0.5) is 11.8 Å². The van der Waals surface area contributed by atoms with Crippen molar-refractivity contribution in [3.63, 3.8) is 0 Å². The highest BCUT2D eigenvalue weighted by molar-refractivity contribution is 5.89. The van der Waals surface area contributed by atoms with Crippen LogP contribution in [0.15, 0.2) is 24.3 Å². The van der Waals surface area contributed by atoms with E-state index >= 15 is 0 Å². The second kappa shape index (κ2) is 4.97. The van der Waals surface area contributed by atoms with Gasteiger partial charge in [0.25, 0.3) is 0 Å². The van der Waals surface area contributed by atoms with Crippen LogP contribution in [0.1, 0.15) is 13.8 Å². The number of hydrogen-bond acceptors (Lipinski definition) is 5. The number of nitrogens with zero attached hydrogens (tertiary/aromatic N) is 2. The van der Waals surface area contributed by atoms with E-state index in [2.05, 4.69) is 34.6 Å². The molecular formula is C12H17N5. The molecule has 0 saturated carbocycles. The number of nitrogens with one attached hydrogen (secondary N) is 2. The summed E-state index contributed by atoms with van der Waals surface area (Å²) in [5.41, 5.74) is 3.36. The van der Waals surface area contributed by atoms with Crippen molar-refractivity contribution in [1.82, 2.24) is 9.97 Å². The Kier molecular flexibility index (Phi) is 3.39. The molecule has 0 atom stereocenters. The highest BCUT2D eigenvalue weighted by Crippen LogP contribution is 2.21. The molecule has 0 amide bonds. The maximum Gasteiger partial charge on any atom is 0.239 e. The molecule has 0 unspecified atom stereocenters. The van der Waals surface area contributed by atoms with Gasteiger partial charge in [-0.15, -0.1) is 0 Å². The molecule has 0 bridgehead atoms. The zero-order valence-corrected chi connectivity index (χ0v) is 10.1. The largest absolute Gasteiger partial charge is 0.369 e. The summed E-state index contributed by atoms with van der Waals surface area (Å²) in [5, 5.41) is 4.32. The highest BCUT2D eigenvalue weighted by atomic mass is 15.3. The Morgan fingerprint density at radius 2 is 2.00 bits per heavy atom. The Balaban J connectivity index is 2.43. The predicted octanol–water partition coefficient (Wildman–Crippen LogP) is 1.98. The van der Waals surface area contributed by atoms with E-state index in [0.717, 1.165) is 23.3 Å². The monoisotopic (exact) mass is 231 g/mol. The van der Waals surface area contributed by atoms with Crippen LogP contribution < -0.4 is 16.6 Å². The lowest BCUT2D eigenvalue weighted by Crippen LogP contribution is -2.14. The van der Waals surface area contributed by atoms with Gasteiger partial charge in [0.2, 0.25) is 5.95 Å². The molecule has 0 aliphatic heterocycles. The molecule has 0 spiro atoms. The summed E-state index contributed by atoms with van der Waals surface area (Å²) in [6, 6.07) is 7.86. The summed E-state index contributed by atoms with van der Waals surface area (Å²) in [6.07, 6.45) is 0. The summed E-state index contributed by atoms with van der Waals surface area (Å²) in [7, 11) is 0. The van der Waals surface area contributed by atoms with E-state index in [0.29, 0.717) is 11.9 Å². The van der Waals surface area contributed by atoms with Crippen molar-refractivity contribution >= 4 is 22.7 Å². The number of benzene rings is 1. The van der Waals surface area contributed by atoms with Crippen LogP contribution in [-0.4, -0.2) is 16.5 Å². The summed E-state index contributed by atoms with van der Waals surface area (Å²) in [4.78, 5) is 8.63. The molecule has 90 valence electrons. The van der Waals surface area contributed by atoms with Gasteiger partial charge >= 0.3 is 0 Å². The lowest BCUT2D eigenvalue weighted by molar-refractivity contribution is 0.687. The zero-order chi connectivity index (χ0) is 12.3. The first-order valence-corrected chi connectivity index (χ1v) is 5.68. The molecule has 1 aromatic heterocycles. The van der Waals surface area contributed by atoms with Gasteiger partial charge in [-0.1, -0.05) is 26.0 Å². The minimum absolute atomic E-state index is 0.426. The van der Waals surface area contributed by atoms with Crippen molar-refractivity contribution in [2.75, 3.05) is 17.3 Å². The Morgan fingerprint density at radius 1 is 1.24 bits per heavy atom. The van der Waals surface area contributed by atoms with Gasteiger partial charge in [-0.2, -0.15) is 4.98 Å². The molecule has 1 heterocycles. The van der Waals surface area contributed by atoms with Gasteiger partial charge in [0.15, 0.2) is 0 Å². The minimum Gasteiger partial charge on any atom is -0.369 e. The highest BCUT2D eigenvalue weighted by Gasteiger charge is 2.06. The summed E-state index contributed by atoms with van der Waals surface area (Å²) < 4.78 is 0. The average molecular weight is 231 g/mol. The molecule has 2 aromatic rings. The summed E-state index contributed by atoms with van der Waals surface area (Å²) in [5.74, 6) is 7.16. The van der Waals surface area contributed by atoms with Crippen LogP contribution in [0.3, 0.4) is 0 Å². The second-order valence-electron chi connectivity index (χ2n) is 4.33. The Morgan fingerprint density at radius 3 is 2.71 bits per heavy atom. The van der Waals surface area contributed by atoms with Crippen molar-refractivity contribution in [3.8, 4) is 0 Å². The summed E-state index contributed by atoms with van der Waals surface area (Å²) >= 11 is 0. The fourth-order valence-corrected chi connectivity index (χ4v) is 1.58. The second-order valence-corrected chi connectivity index (χ2v) is 4.33. The van der Waals surface area contributed by atoms with Crippen molar-refractivity contribution in [2.45, 2.75) is 13.8 Å². The molecule has 0 fully saturated rings. The van der Waals surface area contributed by atoms with Gasteiger partial charge < -0.3 is 5.32 Å². The van der Waals surface area contributed by atoms with E-state index < -0.39 is 0 Å². The van der Waals surface area contributed by atoms with E-state index in [4.69, 9.17) is 5.84 Å². The van der Waals surface area contributed by atoms with Crippen molar-refractivity contribution < 1.29 is 0 Å². The predicted molar refractivity (Wildman–Crippen MR) is 70.7 cm³/mol. The third-order valence-corrected chi connectivity index (χ3v) is 2.41. The van der Waals surface area contributed by atoms with Gasteiger partial charge in [-0.05, 0) is 18.1 Å². The fourth-order valence-electron chi connectivity index (χ4n) is 1.58. The standard InChI is InChI=1S/C12H17N5/c1-8(2)7-14-11-9-5-3-4-6-10(9)15-12(16-11)17-13/h3-6,8H,7,13H2,1-2H3,(H2,14,15,16,17). The van der Waals surface area contributed by atoms with Gasteiger partial charge in [0.1, 0.15) is 5.82 Å². The maximum atomic E-state index is 5.36. The van der Waals surface area contributed by atoms with Crippen molar-refractivity contribution in [1.29, 1.82) is 0 Å². The molecule has 0 saturated heterocycles. The van der Waals surface area contributed by atoms with E-state index in [9.17, 15) is 0 Å². The van der Waals surface area contributed by atoms with Crippen molar-refractivity contribution in [2.24, 2.45) is 11.8 Å². The number of nitrogens with two attached hydrogens (primary N) is 1. The van der Waals surface area contributed by atoms with E-state index in [1.807, 2.05) is 24.3 Å². The topological polar surface area (TPSA) is 75.9 Å². The lowest BCUT2D eigenvalue weighted by atomic mass is 10.2. The normalized spacial score (nSPS) is 10.8. The summed E-state index contributed by atoms with van der Waals surface area (Å²) in [6.45, 7) is 5.17. The maximum absolute atomic E-state index is 5.36. The molecule has 17 heavy (non-hydrogen) atoms. The average Bonchev–Trinajstić information content (AvgIpc) is 2.35. The molecular weight excluding hydrogens is 214 g/mol. The number of hydrogen-bond donors (Lipinski definition) is 3. The number of hydrazine groups is 1. The van der Waals surface area contributed by atoms with Crippen LogP contribution in [0.25, 0.3) is 10.9 Å². The van der Waals surface area contributed by atoms with Gasteiger partial charge in [0.05, 0.1) is 5.52 Å². The SMILES string of the molecule is CC(C)CNc1nc(NN)nc2ccccc12. The molecule has 0 radical (unpaired) electrons. The smallest absolute Gasteiger partial charge is 0.239 e. The Labute approximate surface area is 100 Å². The number of aromatic nitrogens is 2. The van der Waals surface area contributed by atoms with Crippen LogP contribution in [0, 0.1) is 5.92 Å². The first-order chi connectivity index (χ1) is 8.20. The molecule has 5 nitrogen and oxygen atoms in total. The molecule has 5 heteroatoms. The first-order valence-electron chi connectivity index (χ1n) is 5.68.